The van der Waals surface area contributed by atoms with Crippen LogP contribution in [0, 0.1) is 0 Å². The molecule has 0 aromatic heterocycles. The van der Waals surface area contributed by atoms with Crippen LogP contribution in [0.3, 0.4) is 0 Å². The molecule has 0 saturated carbocycles. The fourth-order valence-corrected chi connectivity index (χ4v) is 3.06. The number of thioether (sulfide) groups is 1. The molecule has 0 aliphatic carbocycles. The summed E-state index contributed by atoms with van der Waals surface area (Å²) >= 11 is 2.00. The van der Waals surface area contributed by atoms with Gasteiger partial charge in [-0.1, -0.05) is 50.6 Å². The topological polar surface area (TPSA) is 26.0 Å². The van der Waals surface area contributed by atoms with Gasteiger partial charge in [-0.3, -0.25) is 0 Å². The molecule has 0 fully saturated rings. The Labute approximate surface area is 104 Å². The van der Waals surface area contributed by atoms with E-state index in [9.17, 15) is 0 Å². The van der Waals surface area contributed by atoms with E-state index in [0.29, 0.717) is 11.3 Å². The Kier molecular flexibility index (Phi) is 6.58. The highest BCUT2D eigenvalue weighted by Crippen LogP contribution is 2.23. The van der Waals surface area contributed by atoms with Gasteiger partial charge in [-0.05, 0) is 18.4 Å². The third kappa shape index (κ3) is 4.58. The van der Waals surface area contributed by atoms with Crippen LogP contribution in [0.1, 0.15) is 38.7 Å². The van der Waals surface area contributed by atoms with Crippen molar-refractivity contribution in [2.24, 2.45) is 5.73 Å². The quantitative estimate of drug-likeness (QED) is 0.780. The minimum Gasteiger partial charge on any atom is -0.327 e. The largest absolute Gasteiger partial charge is 0.327 e. The summed E-state index contributed by atoms with van der Waals surface area (Å²) < 4.78 is 0. The molecule has 2 atom stereocenters. The Morgan fingerprint density at radius 2 is 1.88 bits per heavy atom. The number of benzene rings is 1. The highest BCUT2D eigenvalue weighted by atomic mass is 32.2. The first kappa shape index (κ1) is 13.6. The van der Waals surface area contributed by atoms with Crippen molar-refractivity contribution >= 4 is 11.8 Å². The van der Waals surface area contributed by atoms with Gasteiger partial charge in [0.1, 0.15) is 0 Å². The Hall–Kier alpha value is -0.470. The van der Waals surface area contributed by atoms with Gasteiger partial charge in [0.2, 0.25) is 0 Å². The van der Waals surface area contributed by atoms with E-state index in [2.05, 4.69) is 44.2 Å². The summed E-state index contributed by atoms with van der Waals surface area (Å²) in [4.78, 5) is 0. The lowest BCUT2D eigenvalue weighted by molar-refractivity contribution is 0.566. The average molecular weight is 237 g/mol. The second-order valence-electron chi connectivity index (χ2n) is 4.20. The molecular formula is C14H23NS. The lowest BCUT2D eigenvalue weighted by Crippen LogP contribution is -2.31. The SMILES string of the molecule is CCCC(N)C(CC)SCc1ccccc1. The van der Waals surface area contributed by atoms with E-state index in [1.54, 1.807) is 0 Å². The third-order valence-electron chi connectivity index (χ3n) is 2.81. The molecule has 0 heterocycles. The summed E-state index contributed by atoms with van der Waals surface area (Å²) in [6.45, 7) is 4.44. The van der Waals surface area contributed by atoms with Gasteiger partial charge in [0.15, 0.2) is 0 Å². The van der Waals surface area contributed by atoms with Crippen LogP contribution in [-0.4, -0.2) is 11.3 Å². The highest BCUT2D eigenvalue weighted by Gasteiger charge is 2.15. The molecule has 16 heavy (non-hydrogen) atoms. The lowest BCUT2D eigenvalue weighted by atomic mass is 10.1. The molecule has 2 unspecified atom stereocenters. The van der Waals surface area contributed by atoms with Gasteiger partial charge in [0.05, 0.1) is 0 Å². The van der Waals surface area contributed by atoms with Gasteiger partial charge >= 0.3 is 0 Å². The summed E-state index contributed by atoms with van der Waals surface area (Å²) in [5, 5.41) is 0.597. The molecule has 0 amide bonds. The molecule has 0 aliphatic heterocycles. The first-order valence-corrected chi connectivity index (χ1v) is 7.23. The fraction of sp³-hybridized carbons (Fsp3) is 0.571. The molecule has 2 heteroatoms. The lowest BCUT2D eigenvalue weighted by Gasteiger charge is -2.21. The van der Waals surface area contributed by atoms with Crippen molar-refractivity contribution in [3.05, 3.63) is 35.9 Å². The van der Waals surface area contributed by atoms with E-state index in [1.165, 1.54) is 18.4 Å². The van der Waals surface area contributed by atoms with Crippen molar-refractivity contribution in [1.29, 1.82) is 0 Å². The van der Waals surface area contributed by atoms with E-state index >= 15 is 0 Å². The van der Waals surface area contributed by atoms with Crippen LogP contribution in [-0.2, 0) is 5.75 Å². The second kappa shape index (κ2) is 7.75. The molecule has 0 spiro atoms. The minimum atomic E-state index is 0.351. The monoisotopic (exact) mass is 237 g/mol. The van der Waals surface area contributed by atoms with Gasteiger partial charge < -0.3 is 5.73 Å². The maximum Gasteiger partial charge on any atom is 0.0199 e. The first-order valence-electron chi connectivity index (χ1n) is 6.19. The van der Waals surface area contributed by atoms with Gasteiger partial charge in [-0.25, -0.2) is 0 Å². The molecule has 0 aliphatic rings. The normalized spacial score (nSPS) is 14.7. The summed E-state index contributed by atoms with van der Waals surface area (Å²) in [7, 11) is 0. The van der Waals surface area contributed by atoms with E-state index in [-0.39, 0.29) is 0 Å². The highest BCUT2D eigenvalue weighted by molar-refractivity contribution is 7.99. The molecule has 1 aromatic rings. The maximum absolute atomic E-state index is 6.18. The van der Waals surface area contributed by atoms with E-state index in [4.69, 9.17) is 5.73 Å². The Balaban J connectivity index is 2.39. The van der Waals surface area contributed by atoms with Crippen LogP contribution >= 0.6 is 11.8 Å². The number of nitrogens with two attached hydrogens (primary N) is 1. The minimum absolute atomic E-state index is 0.351. The van der Waals surface area contributed by atoms with Gasteiger partial charge in [0.25, 0.3) is 0 Å². The molecule has 0 radical (unpaired) electrons. The van der Waals surface area contributed by atoms with Crippen LogP contribution in [0.25, 0.3) is 0 Å². The van der Waals surface area contributed by atoms with E-state index in [0.717, 1.165) is 12.2 Å². The van der Waals surface area contributed by atoms with Crippen LogP contribution in [0.15, 0.2) is 30.3 Å². The smallest absolute Gasteiger partial charge is 0.0199 e. The summed E-state index contributed by atoms with van der Waals surface area (Å²) in [6, 6.07) is 11.0. The Bertz CT molecular complexity index is 273. The zero-order valence-electron chi connectivity index (χ0n) is 10.4. The third-order valence-corrected chi connectivity index (χ3v) is 4.42. The van der Waals surface area contributed by atoms with Gasteiger partial charge in [-0.2, -0.15) is 11.8 Å². The first-order chi connectivity index (χ1) is 7.77. The maximum atomic E-state index is 6.18. The van der Waals surface area contributed by atoms with Crippen LogP contribution in [0.5, 0.6) is 0 Å². The van der Waals surface area contributed by atoms with E-state index in [1.807, 2.05) is 11.8 Å². The molecular weight excluding hydrogens is 214 g/mol. The Morgan fingerprint density at radius 3 is 2.44 bits per heavy atom. The molecule has 0 saturated heterocycles. The zero-order chi connectivity index (χ0) is 11.8. The van der Waals surface area contributed by atoms with Crippen molar-refractivity contribution in [2.45, 2.75) is 50.2 Å². The second-order valence-corrected chi connectivity index (χ2v) is 5.42. The molecule has 2 N–H and O–H groups in total. The zero-order valence-corrected chi connectivity index (χ0v) is 11.2. The number of rotatable bonds is 7. The van der Waals surface area contributed by atoms with Crippen LogP contribution < -0.4 is 5.73 Å². The number of hydrogen-bond acceptors (Lipinski definition) is 2. The van der Waals surface area contributed by atoms with Gasteiger partial charge in [-0.15, -0.1) is 0 Å². The summed E-state index contributed by atoms with van der Waals surface area (Å²) in [5.41, 5.74) is 7.58. The van der Waals surface area contributed by atoms with Crippen molar-refractivity contribution in [2.75, 3.05) is 0 Å². The van der Waals surface area contributed by atoms with Crippen LogP contribution in [0.2, 0.25) is 0 Å². The molecule has 1 nitrogen and oxygen atoms in total. The fourth-order valence-electron chi connectivity index (χ4n) is 1.84. The predicted molar refractivity (Wildman–Crippen MR) is 74.7 cm³/mol. The standard InChI is InChI=1S/C14H23NS/c1-3-8-13(15)14(4-2)16-11-12-9-6-5-7-10-12/h5-7,9-10,13-14H,3-4,8,11,15H2,1-2H3. The molecule has 90 valence electrons. The summed E-state index contributed by atoms with van der Waals surface area (Å²) in [5.74, 6) is 1.08. The van der Waals surface area contributed by atoms with Gasteiger partial charge in [0, 0.05) is 17.0 Å². The average Bonchev–Trinajstić information content (AvgIpc) is 2.31. The van der Waals surface area contributed by atoms with Crippen molar-refractivity contribution in [3.63, 3.8) is 0 Å². The van der Waals surface area contributed by atoms with Crippen LogP contribution in [0.4, 0.5) is 0 Å². The summed E-state index contributed by atoms with van der Waals surface area (Å²) in [6.07, 6.45) is 3.49. The van der Waals surface area contributed by atoms with Crippen molar-refractivity contribution < 1.29 is 0 Å². The molecule has 1 aromatic carbocycles. The predicted octanol–water partition coefficient (Wildman–Crippen LogP) is 3.83. The molecule has 0 bridgehead atoms. The molecule has 1 rings (SSSR count). The number of hydrogen-bond donors (Lipinski definition) is 1. The van der Waals surface area contributed by atoms with E-state index < -0.39 is 0 Å². The van der Waals surface area contributed by atoms with Crippen molar-refractivity contribution in [3.8, 4) is 0 Å². The van der Waals surface area contributed by atoms with Crippen molar-refractivity contribution in [1.82, 2.24) is 0 Å². The Morgan fingerprint density at radius 1 is 1.19 bits per heavy atom.